The Kier molecular flexibility index (Phi) is 4.73. The van der Waals surface area contributed by atoms with Crippen LogP contribution in [0, 0.1) is 0 Å². The molecule has 2 rings (SSSR count). The van der Waals surface area contributed by atoms with Crippen molar-refractivity contribution in [3.63, 3.8) is 0 Å². The number of carbonyl (C=O) groups excluding carboxylic acids is 1. The molecule has 0 radical (unpaired) electrons. The first-order valence-corrected chi connectivity index (χ1v) is 6.46. The van der Waals surface area contributed by atoms with Gasteiger partial charge >= 0.3 is 0 Å². The van der Waals surface area contributed by atoms with Gasteiger partial charge in [-0.05, 0) is 24.0 Å². The summed E-state index contributed by atoms with van der Waals surface area (Å²) in [6.45, 7) is 1.62. The maximum absolute atomic E-state index is 11.2. The standard InChI is InChI=1S/C14H20N2O2/c17-10-12-3-1-2-11(8-12)9-16-13-4-5-14(18)15-7-6-13/h1-3,8,13,16-17H,4-7,9-10H2,(H,15,18)/t13-/m0/s1. The summed E-state index contributed by atoms with van der Waals surface area (Å²) in [5, 5.41) is 15.4. The van der Waals surface area contributed by atoms with E-state index in [4.69, 9.17) is 5.11 Å². The molecule has 1 aliphatic heterocycles. The Morgan fingerprint density at radius 2 is 2.17 bits per heavy atom. The Balaban J connectivity index is 1.84. The quantitative estimate of drug-likeness (QED) is 0.743. The van der Waals surface area contributed by atoms with Crippen LogP contribution >= 0.6 is 0 Å². The van der Waals surface area contributed by atoms with Gasteiger partial charge in [0.25, 0.3) is 0 Å². The Bertz CT molecular complexity index is 407. The van der Waals surface area contributed by atoms with Crippen LogP contribution in [0.3, 0.4) is 0 Å². The molecule has 0 spiro atoms. The molecule has 0 aromatic heterocycles. The Labute approximate surface area is 107 Å². The van der Waals surface area contributed by atoms with Gasteiger partial charge in [-0.2, -0.15) is 0 Å². The number of carbonyl (C=O) groups is 1. The van der Waals surface area contributed by atoms with Crippen molar-refractivity contribution in [2.75, 3.05) is 6.54 Å². The van der Waals surface area contributed by atoms with E-state index < -0.39 is 0 Å². The number of aliphatic hydroxyl groups is 1. The van der Waals surface area contributed by atoms with E-state index in [0.717, 1.165) is 31.5 Å². The third-order valence-corrected chi connectivity index (χ3v) is 3.30. The molecule has 1 aromatic carbocycles. The van der Waals surface area contributed by atoms with Gasteiger partial charge in [0.15, 0.2) is 0 Å². The normalized spacial score (nSPS) is 20.3. The summed E-state index contributed by atoms with van der Waals surface area (Å²) in [7, 11) is 0. The molecule has 1 aromatic rings. The zero-order valence-corrected chi connectivity index (χ0v) is 10.5. The summed E-state index contributed by atoms with van der Waals surface area (Å²) >= 11 is 0. The van der Waals surface area contributed by atoms with Gasteiger partial charge < -0.3 is 15.7 Å². The highest BCUT2D eigenvalue weighted by Crippen LogP contribution is 2.09. The lowest BCUT2D eigenvalue weighted by Gasteiger charge is -2.15. The fraction of sp³-hybridized carbons (Fsp3) is 0.500. The number of nitrogens with one attached hydrogen (secondary N) is 2. The summed E-state index contributed by atoms with van der Waals surface area (Å²) in [5.41, 5.74) is 2.11. The van der Waals surface area contributed by atoms with Crippen LogP contribution in [-0.2, 0) is 17.9 Å². The van der Waals surface area contributed by atoms with Crippen molar-refractivity contribution < 1.29 is 9.90 Å². The van der Waals surface area contributed by atoms with E-state index in [1.165, 1.54) is 5.56 Å². The minimum Gasteiger partial charge on any atom is -0.392 e. The largest absolute Gasteiger partial charge is 0.392 e. The second kappa shape index (κ2) is 6.52. The molecule has 18 heavy (non-hydrogen) atoms. The van der Waals surface area contributed by atoms with E-state index in [-0.39, 0.29) is 12.5 Å². The molecule has 1 atom stereocenters. The van der Waals surface area contributed by atoms with E-state index in [2.05, 4.69) is 10.6 Å². The topological polar surface area (TPSA) is 61.4 Å². The second-order valence-corrected chi connectivity index (χ2v) is 4.73. The van der Waals surface area contributed by atoms with Crippen LogP contribution in [0.1, 0.15) is 30.4 Å². The molecule has 0 bridgehead atoms. The fourth-order valence-electron chi connectivity index (χ4n) is 2.23. The summed E-state index contributed by atoms with van der Waals surface area (Å²) in [5.74, 6) is 0.154. The number of benzene rings is 1. The highest BCUT2D eigenvalue weighted by atomic mass is 16.3. The van der Waals surface area contributed by atoms with Gasteiger partial charge in [0.1, 0.15) is 0 Å². The molecule has 1 fully saturated rings. The molecule has 0 saturated carbocycles. The van der Waals surface area contributed by atoms with E-state index in [1.807, 2.05) is 24.3 Å². The first-order valence-electron chi connectivity index (χ1n) is 6.46. The summed E-state index contributed by atoms with van der Waals surface area (Å²) in [4.78, 5) is 11.2. The van der Waals surface area contributed by atoms with E-state index in [0.29, 0.717) is 12.5 Å². The van der Waals surface area contributed by atoms with Gasteiger partial charge in [0.2, 0.25) is 5.91 Å². The van der Waals surface area contributed by atoms with E-state index in [9.17, 15) is 4.79 Å². The van der Waals surface area contributed by atoms with Crippen LogP contribution < -0.4 is 10.6 Å². The smallest absolute Gasteiger partial charge is 0.220 e. The van der Waals surface area contributed by atoms with Gasteiger partial charge in [-0.25, -0.2) is 0 Å². The third-order valence-electron chi connectivity index (χ3n) is 3.30. The lowest BCUT2D eigenvalue weighted by Crippen LogP contribution is -2.29. The van der Waals surface area contributed by atoms with Gasteiger partial charge in [-0.3, -0.25) is 4.79 Å². The SMILES string of the molecule is O=C1CC[C@H](NCc2cccc(CO)c2)CCN1. The van der Waals surface area contributed by atoms with Crippen LogP contribution in [-0.4, -0.2) is 23.6 Å². The van der Waals surface area contributed by atoms with Crippen LogP contribution in [0.4, 0.5) is 0 Å². The Morgan fingerprint density at radius 3 is 3.00 bits per heavy atom. The summed E-state index contributed by atoms with van der Waals surface area (Å²) in [6.07, 6.45) is 2.48. The van der Waals surface area contributed by atoms with E-state index >= 15 is 0 Å². The number of amides is 1. The lowest BCUT2D eigenvalue weighted by molar-refractivity contribution is -0.120. The monoisotopic (exact) mass is 248 g/mol. The second-order valence-electron chi connectivity index (χ2n) is 4.73. The average molecular weight is 248 g/mol. The van der Waals surface area contributed by atoms with Gasteiger partial charge in [-0.15, -0.1) is 0 Å². The van der Waals surface area contributed by atoms with E-state index in [1.54, 1.807) is 0 Å². The van der Waals surface area contributed by atoms with Crippen LogP contribution in [0.2, 0.25) is 0 Å². The van der Waals surface area contributed by atoms with Gasteiger partial charge in [-0.1, -0.05) is 24.3 Å². The average Bonchev–Trinajstić information content (AvgIpc) is 2.61. The molecule has 1 aliphatic rings. The van der Waals surface area contributed by atoms with Crippen molar-refractivity contribution in [1.29, 1.82) is 0 Å². The number of hydrogen-bond acceptors (Lipinski definition) is 3. The number of aliphatic hydroxyl groups excluding tert-OH is 1. The van der Waals surface area contributed by atoms with Crippen LogP contribution in [0.15, 0.2) is 24.3 Å². The number of hydrogen-bond donors (Lipinski definition) is 3. The minimum atomic E-state index is 0.0791. The molecule has 0 aliphatic carbocycles. The molecule has 4 heteroatoms. The Morgan fingerprint density at radius 1 is 1.33 bits per heavy atom. The predicted molar refractivity (Wildman–Crippen MR) is 69.9 cm³/mol. The van der Waals surface area contributed by atoms with Crippen molar-refractivity contribution in [1.82, 2.24) is 10.6 Å². The zero-order chi connectivity index (χ0) is 12.8. The lowest BCUT2D eigenvalue weighted by atomic mass is 10.1. The fourth-order valence-corrected chi connectivity index (χ4v) is 2.23. The summed E-state index contributed by atoms with van der Waals surface area (Å²) in [6, 6.07) is 8.32. The minimum absolute atomic E-state index is 0.0791. The van der Waals surface area contributed by atoms with Crippen molar-refractivity contribution in [2.24, 2.45) is 0 Å². The van der Waals surface area contributed by atoms with Crippen LogP contribution in [0.25, 0.3) is 0 Å². The van der Waals surface area contributed by atoms with Gasteiger partial charge in [0.05, 0.1) is 6.61 Å². The summed E-state index contributed by atoms with van der Waals surface area (Å²) < 4.78 is 0. The van der Waals surface area contributed by atoms with Crippen molar-refractivity contribution in [3.8, 4) is 0 Å². The molecule has 98 valence electrons. The molecular formula is C14H20N2O2. The predicted octanol–water partition coefficient (Wildman–Crippen LogP) is 0.937. The third kappa shape index (κ3) is 3.82. The first-order chi connectivity index (χ1) is 8.78. The Hall–Kier alpha value is -1.39. The van der Waals surface area contributed by atoms with Crippen LogP contribution in [0.5, 0.6) is 0 Å². The molecule has 0 unspecified atom stereocenters. The molecule has 3 N–H and O–H groups in total. The molecule has 1 amide bonds. The highest BCUT2D eigenvalue weighted by Gasteiger charge is 2.15. The maximum atomic E-state index is 11.2. The maximum Gasteiger partial charge on any atom is 0.220 e. The van der Waals surface area contributed by atoms with Crippen molar-refractivity contribution >= 4 is 5.91 Å². The first kappa shape index (κ1) is 13.1. The van der Waals surface area contributed by atoms with Crippen molar-refractivity contribution in [2.45, 2.75) is 38.5 Å². The highest BCUT2D eigenvalue weighted by molar-refractivity contribution is 5.76. The zero-order valence-electron chi connectivity index (χ0n) is 10.5. The van der Waals surface area contributed by atoms with Crippen molar-refractivity contribution in [3.05, 3.63) is 35.4 Å². The molecular weight excluding hydrogens is 228 g/mol. The molecule has 1 heterocycles. The van der Waals surface area contributed by atoms with Gasteiger partial charge in [0, 0.05) is 25.6 Å². The molecule has 1 saturated heterocycles. The number of rotatable bonds is 4. The molecule has 4 nitrogen and oxygen atoms in total.